The zero-order chi connectivity index (χ0) is 16.4. The molecule has 1 aromatic heterocycles. The average Bonchev–Trinajstić information content (AvgIpc) is 3.13. The van der Waals surface area contributed by atoms with E-state index >= 15 is 0 Å². The maximum atomic E-state index is 12.7. The molecule has 2 fully saturated rings. The van der Waals surface area contributed by atoms with Gasteiger partial charge in [-0.15, -0.1) is 0 Å². The summed E-state index contributed by atoms with van der Waals surface area (Å²) in [5.41, 5.74) is 1.25. The first-order valence-electron chi connectivity index (χ1n) is 8.54. The molecule has 0 N–H and O–H groups in total. The second-order valence-corrected chi connectivity index (χ2v) is 6.95. The van der Waals surface area contributed by atoms with E-state index in [1.54, 1.807) is 0 Å². The minimum absolute atomic E-state index is 0.0241. The summed E-state index contributed by atoms with van der Waals surface area (Å²) in [5.74, 6) is 0.709. The van der Waals surface area contributed by atoms with Crippen LogP contribution in [0.1, 0.15) is 31.4 Å². The summed E-state index contributed by atoms with van der Waals surface area (Å²) >= 11 is 0. The monoisotopic (exact) mass is 317 g/mol. The molecule has 23 heavy (non-hydrogen) atoms. The first-order valence-corrected chi connectivity index (χ1v) is 8.54. The summed E-state index contributed by atoms with van der Waals surface area (Å²) in [5, 5.41) is 0. The van der Waals surface area contributed by atoms with Crippen molar-refractivity contribution in [3.05, 3.63) is 30.1 Å². The van der Waals surface area contributed by atoms with E-state index in [1.807, 2.05) is 37.3 Å². The van der Waals surface area contributed by atoms with Gasteiger partial charge in [0.25, 0.3) is 0 Å². The van der Waals surface area contributed by atoms with Gasteiger partial charge >= 0.3 is 0 Å². The second kappa shape index (κ2) is 6.97. The number of likely N-dealkylation sites (tertiary alicyclic amines) is 1. The predicted octanol–water partition coefficient (Wildman–Crippen LogP) is 1.96. The molecule has 0 bridgehead atoms. The molecule has 3 rings (SSSR count). The Hall–Kier alpha value is -1.46. The summed E-state index contributed by atoms with van der Waals surface area (Å²) in [6, 6.07) is 4.47. The van der Waals surface area contributed by atoms with Crippen LogP contribution in [-0.2, 0) is 9.53 Å². The van der Waals surface area contributed by atoms with E-state index in [0.717, 1.165) is 25.9 Å². The third-order valence-corrected chi connectivity index (χ3v) is 5.38. The van der Waals surface area contributed by atoms with Crippen LogP contribution in [0.2, 0.25) is 0 Å². The number of carbonyl (C=O) groups excluding carboxylic acids is 1. The van der Waals surface area contributed by atoms with Crippen molar-refractivity contribution in [2.75, 3.05) is 33.8 Å². The fourth-order valence-electron chi connectivity index (χ4n) is 4.08. The number of carbonyl (C=O) groups is 1. The highest BCUT2D eigenvalue weighted by atomic mass is 16.5. The number of hydrogen-bond acceptors (Lipinski definition) is 4. The molecule has 0 unspecified atom stereocenters. The smallest absolute Gasteiger partial charge is 0.228 e. The first-order chi connectivity index (χ1) is 11.1. The highest BCUT2D eigenvalue weighted by molar-refractivity contribution is 5.79. The van der Waals surface area contributed by atoms with Crippen LogP contribution < -0.4 is 0 Å². The molecule has 2 saturated heterocycles. The fraction of sp³-hybridized carbons (Fsp3) is 0.667. The molecule has 0 saturated carbocycles. The zero-order valence-corrected chi connectivity index (χ0v) is 14.3. The third kappa shape index (κ3) is 3.40. The normalized spacial score (nSPS) is 31.4. The largest absolute Gasteiger partial charge is 0.378 e. The molecule has 0 radical (unpaired) electrons. The average molecular weight is 317 g/mol. The lowest BCUT2D eigenvalue weighted by Crippen LogP contribution is -2.39. The van der Waals surface area contributed by atoms with Gasteiger partial charge in [0.2, 0.25) is 5.91 Å². The van der Waals surface area contributed by atoms with Gasteiger partial charge in [0.15, 0.2) is 0 Å². The van der Waals surface area contributed by atoms with E-state index in [2.05, 4.69) is 23.0 Å². The van der Waals surface area contributed by atoms with Crippen LogP contribution in [0.15, 0.2) is 24.5 Å². The molecule has 3 heterocycles. The number of nitrogens with zero attached hydrogens (tertiary/aromatic N) is 3. The minimum Gasteiger partial charge on any atom is -0.378 e. The second-order valence-electron chi connectivity index (χ2n) is 6.95. The van der Waals surface area contributed by atoms with Crippen molar-refractivity contribution in [1.29, 1.82) is 0 Å². The Balaban J connectivity index is 1.67. The van der Waals surface area contributed by atoms with Crippen molar-refractivity contribution in [3.63, 3.8) is 0 Å². The van der Waals surface area contributed by atoms with Gasteiger partial charge in [-0.3, -0.25) is 14.7 Å². The van der Waals surface area contributed by atoms with E-state index in [0.29, 0.717) is 18.6 Å². The molecule has 1 amide bonds. The summed E-state index contributed by atoms with van der Waals surface area (Å²) in [6.07, 6.45) is 5.77. The topological polar surface area (TPSA) is 45.7 Å². The Bertz CT molecular complexity index is 536. The number of amides is 1. The van der Waals surface area contributed by atoms with E-state index in [-0.39, 0.29) is 17.9 Å². The van der Waals surface area contributed by atoms with Gasteiger partial charge in [-0.25, -0.2) is 0 Å². The predicted molar refractivity (Wildman–Crippen MR) is 88.9 cm³/mol. The summed E-state index contributed by atoms with van der Waals surface area (Å²) in [4.78, 5) is 21.2. The Labute approximate surface area is 138 Å². The Morgan fingerprint density at radius 3 is 2.96 bits per heavy atom. The number of pyridine rings is 1. The van der Waals surface area contributed by atoms with E-state index in [9.17, 15) is 4.79 Å². The van der Waals surface area contributed by atoms with Crippen molar-refractivity contribution in [2.45, 2.75) is 31.9 Å². The third-order valence-electron chi connectivity index (χ3n) is 5.38. The molecular formula is C18H27N3O2. The van der Waals surface area contributed by atoms with Crippen LogP contribution in [0.25, 0.3) is 0 Å². The Morgan fingerprint density at radius 2 is 2.30 bits per heavy atom. The number of hydrogen-bond donors (Lipinski definition) is 0. The number of ether oxygens (including phenoxy) is 1. The minimum atomic E-state index is 0.0241. The highest BCUT2D eigenvalue weighted by Crippen LogP contribution is 2.36. The van der Waals surface area contributed by atoms with Crippen LogP contribution in [-0.4, -0.2) is 60.6 Å². The first kappa shape index (κ1) is 16.4. The van der Waals surface area contributed by atoms with Gasteiger partial charge in [-0.1, -0.05) is 6.07 Å². The molecule has 5 nitrogen and oxygen atoms in total. The van der Waals surface area contributed by atoms with Crippen LogP contribution >= 0.6 is 0 Å². The van der Waals surface area contributed by atoms with Gasteiger partial charge in [-0.05, 0) is 50.9 Å². The van der Waals surface area contributed by atoms with E-state index in [4.69, 9.17) is 4.74 Å². The Kier molecular flexibility index (Phi) is 4.97. The lowest BCUT2D eigenvalue weighted by Gasteiger charge is -2.30. The van der Waals surface area contributed by atoms with E-state index < -0.39 is 0 Å². The maximum Gasteiger partial charge on any atom is 0.228 e. The molecule has 0 aliphatic carbocycles. The van der Waals surface area contributed by atoms with Gasteiger partial charge in [0.05, 0.1) is 12.0 Å². The quantitative estimate of drug-likeness (QED) is 0.851. The van der Waals surface area contributed by atoms with Gasteiger partial charge in [0, 0.05) is 38.6 Å². The summed E-state index contributed by atoms with van der Waals surface area (Å²) in [6.45, 7) is 4.57. The molecule has 2 aliphatic heterocycles. The molecule has 0 spiro atoms. The van der Waals surface area contributed by atoms with Crippen molar-refractivity contribution >= 4 is 5.91 Å². The Morgan fingerprint density at radius 1 is 1.48 bits per heavy atom. The van der Waals surface area contributed by atoms with Crippen molar-refractivity contribution in [2.24, 2.45) is 11.8 Å². The van der Waals surface area contributed by atoms with Gasteiger partial charge in [0.1, 0.15) is 0 Å². The maximum absolute atomic E-state index is 12.7. The van der Waals surface area contributed by atoms with Crippen LogP contribution in [0, 0.1) is 11.8 Å². The van der Waals surface area contributed by atoms with Gasteiger partial charge in [-0.2, -0.15) is 0 Å². The standard InChI is InChI=1S/C18H27N3O2/c1-13-16(7-10-23-13)18(22)21(3)12-15-6-9-20(2)17(15)14-5-4-8-19-11-14/h4-5,8,11,13,15-17H,6-7,9-10,12H2,1-3H3/t13-,15-,16+,17-/m0/s1. The molecule has 126 valence electrons. The summed E-state index contributed by atoms with van der Waals surface area (Å²) < 4.78 is 5.55. The summed E-state index contributed by atoms with van der Waals surface area (Å²) in [7, 11) is 4.10. The van der Waals surface area contributed by atoms with Crippen molar-refractivity contribution in [1.82, 2.24) is 14.8 Å². The van der Waals surface area contributed by atoms with Crippen LogP contribution in [0.4, 0.5) is 0 Å². The molecule has 2 aliphatic rings. The number of rotatable bonds is 4. The molecule has 4 atom stereocenters. The zero-order valence-electron chi connectivity index (χ0n) is 14.3. The van der Waals surface area contributed by atoms with E-state index in [1.165, 1.54) is 5.56 Å². The van der Waals surface area contributed by atoms with Crippen molar-refractivity contribution in [3.8, 4) is 0 Å². The number of aromatic nitrogens is 1. The lowest BCUT2D eigenvalue weighted by atomic mass is 9.93. The fourth-order valence-corrected chi connectivity index (χ4v) is 4.08. The lowest BCUT2D eigenvalue weighted by molar-refractivity contribution is -0.136. The molecular weight excluding hydrogens is 290 g/mol. The SMILES string of the molecule is C[C@@H]1OCC[C@H]1C(=O)N(C)C[C@@H]1CCN(C)[C@H]1c1cccnc1. The molecule has 1 aromatic rings. The molecule has 5 heteroatoms. The van der Waals surface area contributed by atoms with Crippen LogP contribution in [0.5, 0.6) is 0 Å². The van der Waals surface area contributed by atoms with Gasteiger partial charge < -0.3 is 9.64 Å². The molecule has 0 aromatic carbocycles. The van der Waals surface area contributed by atoms with Crippen LogP contribution in [0.3, 0.4) is 0 Å². The highest BCUT2D eigenvalue weighted by Gasteiger charge is 2.37. The van der Waals surface area contributed by atoms with Crippen molar-refractivity contribution < 1.29 is 9.53 Å².